The van der Waals surface area contributed by atoms with E-state index in [0.29, 0.717) is 6.61 Å². The number of hydrogen-bond acceptors (Lipinski definition) is 3. The second-order valence-electron chi connectivity index (χ2n) is 4.95. The van der Waals surface area contributed by atoms with Gasteiger partial charge in [0, 0.05) is 18.5 Å². The third-order valence-corrected chi connectivity index (χ3v) is 2.32. The Kier molecular flexibility index (Phi) is 4.82. The van der Waals surface area contributed by atoms with Crippen LogP contribution in [-0.4, -0.2) is 18.2 Å². The lowest BCUT2D eigenvalue weighted by Crippen LogP contribution is -2.35. The lowest BCUT2D eigenvalue weighted by atomic mass is 10.0. The summed E-state index contributed by atoms with van der Waals surface area (Å²) in [5, 5.41) is 0. The summed E-state index contributed by atoms with van der Waals surface area (Å²) in [7, 11) is 0. The van der Waals surface area contributed by atoms with E-state index in [1.165, 1.54) is 0 Å². The van der Waals surface area contributed by atoms with E-state index in [0.717, 1.165) is 17.9 Å². The van der Waals surface area contributed by atoms with Crippen molar-refractivity contribution < 1.29 is 9.47 Å². The molecule has 0 amide bonds. The van der Waals surface area contributed by atoms with Crippen LogP contribution in [0.15, 0.2) is 24.3 Å². The van der Waals surface area contributed by atoms with E-state index in [1.54, 1.807) is 0 Å². The molecule has 1 unspecified atom stereocenters. The minimum absolute atomic E-state index is 0.125. The van der Waals surface area contributed by atoms with Crippen LogP contribution in [0.3, 0.4) is 0 Å². The van der Waals surface area contributed by atoms with Gasteiger partial charge in [0.05, 0.1) is 6.61 Å². The molecule has 3 heteroatoms. The van der Waals surface area contributed by atoms with Gasteiger partial charge >= 0.3 is 0 Å². The smallest absolute Gasteiger partial charge is 0.123 e. The fourth-order valence-corrected chi connectivity index (χ4v) is 1.93. The van der Waals surface area contributed by atoms with E-state index in [2.05, 4.69) is 0 Å². The van der Waals surface area contributed by atoms with Crippen molar-refractivity contribution in [3.8, 4) is 11.5 Å². The molecule has 1 aromatic carbocycles. The van der Waals surface area contributed by atoms with E-state index in [9.17, 15) is 0 Å². The number of ether oxygens (including phenoxy) is 2. The van der Waals surface area contributed by atoms with Crippen molar-refractivity contribution >= 4 is 0 Å². The Balaban J connectivity index is 2.70. The normalized spacial score (nSPS) is 13.2. The fraction of sp³-hybridized carbons (Fsp3) is 0.571. The van der Waals surface area contributed by atoms with Crippen molar-refractivity contribution in [3.05, 3.63) is 24.3 Å². The Morgan fingerprint density at radius 2 is 1.94 bits per heavy atom. The molecule has 0 bridgehead atoms. The third kappa shape index (κ3) is 5.09. The first-order chi connectivity index (χ1) is 7.93. The monoisotopic (exact) mass is 237 g/mol. The molecule has 0 fully saturated rings. The van der Waals surface area contributed by atoms with E-state index < -0.39 is 0 Å². The van der Waals surface area contributed by atoms with Gasteiger partial charge in [0.15, 0.2) is 0 Å². The molecule has 0 saturated heterocycles. The van der Waals surface area contributed by atoms with Gasteiger partial charge in [-0.2, -0.15) is 0 Å². The zero-order chi connectivity index (χ0) is 12.9. The van der Waals surface area contributed by atoms with Crippen LogP contribution in [0.2, 0.25) is 0 Å². The average Bonchev–Trinajstić information content (AvgIpc) is 2.15. The highest BCUT2D eigenvalue weighted by Gasteiger charge is 2.21. The van der Waals surface area contributed by atoms with Crippen LogP contribution in [0.5, 0.6) is 11.5 Å². The molecule has 17 heavy (non-hydrogen) atoms. The lowest BCUT2D eigenvalue weighted by Gasteiger charge is -2.28. The zero-order valence-electron chi connectivity index (χ0n) is 11.2. The van der Waals surface area contributed by atoms with Gasteiger partial charge in [-0.3, -0.25) is 0 Å². The van der Waals surface area contributed by atoms with E-state index in [4.69, 9.17) is 15.2 Å². The van der Waals surface area contributed by atoms with Gasteiger partial charge in [-0.25, -0.2) is 0 Å². The van der Waals surface area contributed by atoms with Crippen molar-refractivity contribution in [1.29, 1.82) is 0 Å². The van der Waals surface area contributed by atoms with Gasteiger partial charge < -0.3 is 15.2 Å². The second-order valence-corrected chi connectivity index (χ2v) is 4.95. The van der Waals surface area contributed by atoms with Crippen LogP contribution < -0.4 is 15.2 Å². The first kappa shape index (κ1) is 13.8. The summed E-state index contributed by atoms with van der Waals surface area (Å²) in [6, 6.07) is 7.83. The molecule has 1 rings (SSSR count). The molecule has 1 aromatic rings. The first-order valence-corrected chi connectivity index (χ1v) is 6.10. The maximum Gasteiger partial charge on any atom is 0.123 e. The van der Waals surface area contributed by atoms with Crippen LogP contribution in [-0.2, 0) is 0 Å². The minimum atomic E-state index is -0.265. The molecule has 1 atom stereocenters. The molecule has 0 heterocycles. The topological polar surface area (TPSA) is 44.5 Å². The molecule has 0 aliphatic heterocycles. The molecule has 2 N–H and O–H groups in total. The number of benzene rings is 1. The summed E-state index contributed by atoms with van der Waals surface area (Å²) in [4.78, 5) is 0. The highest BCUT2D eigenvalue weighted by Crippen LogP contribution is 2.25. The maximum absolute atomic E-state index is 5.94. The fourth-order valence-electron chi connectivity index (χ4n) is 1.93. The Morgan fingerprint density at radius 3 is 2.53 bits per heavy atom. The van der Waals surface area contributed by atoms with Crippen molar-refractivity contribution in [2.45, 2.75) is 45.8 Å². The van der Waals surface area contributed by atoms with Crippen molar-refractivity contribution in [2.24, 2.45) is 5.73 Å². The highest BCUT2D eigenvalue weighted by atomic mass is 16.5. The van der Waals surface area contributed by atoms with Crippen LogP contribution in [0, 0.1) is 0 Å². The minimum Gasteiger partial charge on any atom is -0.494 e. The summed E-state index contributed by atoms with van der Waals surface area (Å²) < 4.78 is 11.4. The molecule has 0 aliphatic rings. The quantitative estimate of drug-likeness (QED) is 0.827. The zero-order valence-corrected chi connectivity index (χ0v) is 11.2. The Labute approximate surface area is 104 Å². The molecule has 0 saturated carbocycles. The summed E-state index contributed by atoms with van der Waals surface area (Å²) in [6.45, 7) is 8.70. The first-order valence-electron chi connectivity index (χ1n) is 6.10. The predicted molar refractivity (Wildman–Crippen MR) is 70.6 cm³/mol. The Morgan fingerprint density at radius 1 is 1.29 bits per heavy atom. The Bertz CT molecular complexity index is 348. The highest BCUT2D eigenvalue weighted by molar-refractivity contribution is 5.33. The van der Waals surface area contributed by atoms with Gasteiger partial charge in [-0.05, 0) is 39.8 Å². The van der Waals surface area contributed by atoms with E-state index in [-0.39, 0.29) is 11.6 Å². The second kappa shape index (κ2) is 5.92. The molecule has 96 valence electrons. The summed E-state index contributed by atoms with van der Waals surface area (Å²) in [5.74, 6) is 1.66. The molecule has 0 spiro atoms. The van der Waals surface area contributed by atoms with Crippen molar-refractivity contribution in [3.63, 3.8) is 0 Å². The molecular weight excluding hydrogens is 214 g/mol. The molecule has 0 radical (unpaired) electrons. The average molecular weight is 237 g/mol. The molecule has 0 aliphatic carbocycles. The van der Waals surface area contributed by atoms with Gasteiger partial charge in [0.25, 0.3) is 0 Å². The van der Waals surface area contributed by atoms with Crippen molar-refractivity contribution in [1.82, 2.24) is 0 Å². The van der Waals surface area contributed by atoms with E-state index in [1.807, 2.05) is 52.0 Å². The number of rotatable bonds is 6. The molecule has 3 nitrogen and oxygen atoms in total. The van der Waals surface area contributed by atoms with Gasteiger partial charge in [-0.15, -0.1) is 0 Å². The van der Waals surface area contributed by atoms with Crippen LogP contribution in [0.25, 0.3) is 0 Å². The maximum atomic E-state index is 5.94. The summed E-state index contributed by atoms with van der Waals surface area (Å²) in [6.07, 6.45) is 0.811. The largest absolute Gasteiger partial charge is 0.494 e. The predicted octanol–water partition coefficient (Wildman–Crippen LogP) is 2.98. The van der Waals surface area contributed by atoms with Crippen LogP contribution >= 0.6 is 0 Å². The third-order valence-electron chi connectivity index (χ3n) is 2.32. The van der Waals surface area contributed by atoms with Crippen LogP contribution in [0.1, 0.15) is 34.1 Å². The summed E-state index contributed by atoms with van der Waals surface area (Å²) in [5.41, 5.74) is 5.54. The van der Waals surface area contributed by atoms with Gasteiger partial charge in [-0.1, -0.05) is 6.07 Å². The van der Waals surface area contributed by atoms with Crippen molar-refractivity contribution in [2.75, 3.05) is 6.61 Å². The molecular formula is C14H23NO2. The lowest BCUT2D eigenvalue weighted by molar-refractivity contribution is 0.0929. The molecule has 0 aromatic heterocycles. The van der Waals surface area contributed by atoms with Crippen LogP contribution in [0.4, 0.5) is 0 Å². The standard InChI is InChI=1S/C14H23NO2/c1-5-16-12-7-6-8-13(9-12)17-14(3,4)10-11(2)15/h6-9,11H,5,10,15H2,1-4H3. The van der Waals surface area contributed by atoms with E-state index >= 15 is 0 Å². The number of nitrogens with two attached hydrogens (primary N) is 1. The SMILES string of the molecule is CCOc1cccc(OC(C)(C)CC(C)N)c1. The Hall–Kier alpha value is -1.22. The summed E-state index contributed by atoms with van der Waals surface area (Å²) >= 11 is 0. The van der Waals surface area contributed by atoms with Gasteiger partial charge in [0.1, 0.15) is 17.1 Å². The number of hydrogen-bond donors (Lipinski definition) is 1. The van der Waals surface area contributed by atoms with Gasteiger partial charge in [0.2, 0.25) is 0 Å².